The number of carbonyl (C=O) groups is 1. The van der Waals surface area contributed by atoms with Crippen molar-refractivity contribution in [2.45, 2.75) is 37.4 Å². The van der Waals surface area contributed by atoms with E-state index < -0.39 is 68.6 Å². The second kappa shape index (κ2) is 8.64. The van der Waals surface area contributed by atoms with Gasteiger partial charge >= 0.3 is 38.1 Å². The summed E-state index contributed by atoms with van der Waals surface area (Å²) < 4.78 is 78.5. The molecule has 2 saturated heterocycles. The van der Waals surface area contributed by atoms with Crippen LogP contribution in [0, 0.1) is 0 Å². The van der Waals surface area contributed by atoms with Crippen LogP contribution >= 0.6 is 32.2 Å². The summed E-state index contributed by atoms with van der Waals surface area (Å²) in [5.41, 5.74) is 0. The van der Waals surface area contributed by atoms with Crippen LogP contribution in [0.3, 0.4) is 0 Å². The van der Waals surface area contributed by atoms with Crippen molar-refractivity contribution in [3.63, 3.8) is 0 Å². The van der Waals surface area contributed by atoms with Gasteiger partial charge < -0.3 is 9.84 Å². The van der Waals surface area contributed by atoms with Crippen LogP contribution in [-0.4, -0.2) is 58.5 Å². The average molecular weight is 474 g/mol. The van der Waals surface area contributed by atoms with Gasteiger partial charge in [-0.3, -0.25) is 18.8 Å². The molecule has 2 rings (SSSR count). The van der Waals surface area contributed by atoms with Crippen molar-refractivity contribution in [1.82, 2.24) is 0 Å². The van der Waals surface area contributed by atoms with Crippen LogP contribution in [-0.2, 0) is 54.5 Å². The van der Waals surface area contributed by atoms with Gasteiger partial charge in [0.2, 0.25) is 6.10 Å². The van der Waals surface area contributed by atoms with Crippen LogP contribution in [0.25, 0.3) is 0 Å². The topological polar surface area (TPSA) is 211 Å². The third kappa shape index (κ3) is 5.88. The van der Waals surface area contributed by atoms with Crippen molar-refractivity contribution in [2.75, 3.05) is 7.11 Å². The second-order valence-corrected chi connectivity index (χ2v) is 9.97. The molecular weight excluding hydrogens is 460 g/mol. The van der Waals surface area contributed by atoms with Crippen molar-refractivity contribution < 1.29 is 69.4 Å². The number of ether oxygens (including phenoxy) is 1. The van der Waals surface area contributed by atoms with Crippen molar-refractivity contribution in [3.8, 4) is 0 Å². The van der Waals surface area contributed by atoms with Gasteiger partial charge in [-0.15, -0.1) is 9.05 Å². The highest BCUT2D eigenvalue weighted by molar-refractivity contribution is 7.56. The lowest BCUT2D eigenvalue weighted by Crippen LogP contribution is -2.52. The molecule has 0 aromatic heterocycles. The highest BCUT2D eigenvalue weighted by Crippen LogP contribution is 2.61. The molecule has 15 nitrogen and oxygen atoms in total. The van der Waals surface area contributed by atoms with Crippen LogP contribution in [0.1, 0.15) is 6.92 Å². The van der Waals surface area contributed by atoms with E-state index in [4.69, 9.17) is 13.6 Å². The molecule has 0 aliphatic carbocycles. The largest absolute Gasteiger partial charge is 0.708 e. The minimum atomic E-state index is -5.09. The Morgan fingerprint density at radius 1 is 1.04 bits per heavy atom. The molecule has 2 heterocycles. The van der Waals surface area contributed by atoms with E-state index in [0.717, 1.165) is 14.0 Å². The normalized spacial score (nSPS) is 44.8. The van der Waals surface area contributed by atoms with Gasteiger partial charge in [0.15, 0.2) is 12.2 Å². The van der Waals surface area contributed by atoms with Crippen LogP contribution in [0.15, 0.2) is 0 Å². The lowest BCUT2D eigenvalue weighted by molar-refractivity contribution is -0.160. The number of phosphoric ester groups is 2. The molecule has 9 atom stereocenters. The first kappa shape index (κ1) is 23.1. The predicted molar refractivity (Wildman–Crippen MR) is 80.2 cm³/mol. The summed E-state index contributed by atoms with van der Waals surface area (Å²) in [6, 6.07) is 0. The Balaban J connectivity index is 2.53. The Bertz CT molecular complexity index is 721. The number of aliphatic hydroxyl groups is 1. The second-order valence-electron chi connectivity index (χ2n) is 5.05. The zero-order chi connectivity index (χ0) is 20.6. The van der Waals surface area contributed by atoms with Crippen molar-refractivity contribution >= 4 is 38.1 Å². The maximum Gasteiger partial charge on any atom is 0.708 e. The first-order chi connectivity index (χ1) is 12.3. The SMILES string of the molecule is COC(=O)[C@H]1OP(=O)(O)O[P+](=O)O[C@@H]1[C@@H]1OP(=O)(O)O[P+](=O)O[C@H]1C(C)O. The Hall–Kier alpha value is -0.230. The maximum absolute atomic E-state index is 12.0. The van der Waals surface area contributed by atoms with E-state index in [-0.39, 0.29) is 0 Å². The van der Waals surface area contributed by atoms with Crippen molar-refractivity contribution in [3.05, 3.63) is 0 Å². The Labute approximate surface area is 152 Å². The molecule has 2 aliphatic heterocycles. The van der Waals surface area contributed by atoms with Crippen LogP contribution in [0.5, 0.6) is 0 Å². The molecule has 0 aromatic carbocycles. The quantitative estimate of drug-likeness (QED) is 0.379. The summed E-state index contributed by atoms with van der Waals surface area (Å²) in [4.78, 5) is 31.0. The lowest BCUT2D eigenvalue weighted by Gasteiger charge is -2.28. The fourth-order valence-corrected chi connectivity index (χ4v) is 6.04. The number of carbonyl (C=O) groups excluding carboxylic acids is 1. The van der Waals surface area contributed by atoms with Crippen LogP contribution in [0.4, 0.5) is 0 Å². The van der Waals surface area contributed by atoms with E-state index in [1.165, 1.54) is 0 Å². The molecule has 19 heteroatoms. The number of methoxy groups -OCH3 is 1. The van der Waals surface area contributed by atoms with Gasteiger partial charge in [-0.05, 0) is 15.5 Å². The number of rotatable bonds is 3. The molecule has 27 heavy (non-hydrogen) atoms. The number of phosphoric acid groups is 2. The molecule has 0 bridgehead atoms. The zero-order valence-corrected chi connectivity index (χ0v) is 17.0. The van der Waals surface area contributed by atoms with Gasteiger partial charge in [-0.25, -0.2) is 13.9 Å². The first-order valence-electron chi connectivity index (χ1n) is 6.81. The summed E-state index contributed by atoms with van der Waals surface area (Å²) in [6.45, 7) is 1.09. The predicted octanol–water partition coefficient (Wildman–Crippen LogP) is 0.657. The lowest BCUT2D eigenvalue weighted by atomic mass is 10.00. The number of hydrogen-bond donors (Lipinski definition) is 3. The van der Waals surface area contributed by atoms with E-state index >= 15 is 0 Å². The van der Waals surface area contributed by atoms with E-state index in [1.807, 2.05) is 0 Å². The fourth-order valence-electron chi connectivity index (χ4n) is 2.11. The molecule has 0 aromatic rings. The van der Waals surface area contributed by atoms with Gasteiger partial charge in [0.25, 0.3) is 0 Å². The summed E-state index contributed by atoms with van der Waals surface area (Å²) in [7, 11) is -16.0. The average Bonchev–Trinajstić information content (AvgIpc) is 2.71. The molecular formula is C8H14O15P4+2. The minimum Gasteiger partial charge on any atom is -0.467 e. The molecule has 5 unspecified atom stereocenters. The fraction of sp³-hybridized carbons (Fsp3) is 0.875. The minimum absolute atomic E-state index is 0.865. The van der Waals surface area contributed by atoms with Gasteiger partial charge in [-0.1, -0.05) is 0 Å². The maximum atomic E-state index is 12.0. The zero-order valence-electron chi connectivity index (χ0n) is 13.4. The van der Waals surface area contributed by atoms with E-state index in [2.05, 4.69) is 17.9 Å². The van der Waals surface area contributed by atoms with E-state index in [1.54, 1.807) is 0 Å². The molecule has 0 radical (unpaired) electrons. The summed E-state index contributed by atoms with van der Waals surface area (Å²) >= 11 is 0. The highest BCUT2D eigenvalue weighted by atomic mass is 31.2. The monoisotopic (exact) mass is 474 g/mol. The number of aliphatic hydroxyl groups excluding tert-OH is 1. The van der Waals surface area contributed by atoms with Crippen molar-refractivity contribution in [2.24, 2.45) is 0 Å². The first-order valence-corrected chi connectivity index (χ1v) is 12.0. The highest BCUT2D eigenvalue weighted by Gasteiger charge is 2.61. The van der Waals surface area contributed by atoms with Gasteiger partial charge in [0.1, 0.15) is 6.10 Å². The van der Waals surface area contributed by atoms with E-state index in [9.17, 15) is 37.9 Å². The molecule has 0 saturated carbocycles. The molecule has 2 fully saturated rings. The molecule has 154 valence electrons. The smallest absolute Gasteiger partial charge is 0.467 e. The Morgan fingerprint density at radius 3 is 2.07 bits per heavy atom. The van der Waals surface area contributed by atoms with Gasteiger partial charge in [0.05, 0.1) is 13.2 Å². The Morgan fingerprint density at radius 2 is 1.56 bits per heavy atom. The van der Waals surface area contributed by atoms with E-state index in [0.29, 0.717) is 0 Å². The van der Waals surface area contributed by atoms with Gasteiger partial charge in [-0.2, -0.15) is 0 Å². The van der Waals surface area contributed by atoms with Crippen LogP contribution in [0.2, 0.25) is 0 Å². The van der Waals surface area contributed by atoms with Gasteiger partial charge in [0, 0.05) is 9.13 Å². The number of hydrogen-bond acceptors (Lipinski definition) is 13. The van der Waals surface area contributed by atoms with Crippen LogP contribution < -0.4 is 0 Å². The van der Waals surface area contributed by atoms with Crippen molar-refractivity contribution in [1.29, 1.82) is 0 Å². The molecule has 2 aliphatic rings. The summed E-state index contributed by atoms with van der Waals surface area (Å²) in [5, 5.41) is 9.83. The third-order valence-corrected chi connectivity index (χ3v) is 7.66. The standard InChI is InChI=1S/C8H12O15P4/c1-3(9)4-6(20-26(13,14)22-24(11)18-4)5-7(8(10)17-2)21-27(15,16)23-25(12)19-5/h3-7,9H,1-2H3/p+2/t3?,4-,5+,6+,7-/m0/s1. The molecule has 0 spiro atoms. The third-order valence-electron chi connectivity index (χ3n) is 3.11. The molecule has 0 amide bonds. The summed E-state index contributed by atoms with van der Waals surface area (Å²) in [5.74, 6) is -1.35. The summed E-state index contributed by atoms with van der Waals surface area (Å²) in [6.07, 6.45) is -9.56. The molecule has 3 N–H and O–H groups in total. The Kier molecular flexibility index (Phi) is 7.38. The number of esters is 1.